The van der Waals surface area contributed by atoms with Crippen LogP contribution in [-0.2, 0) is 32.0 Å². The number of nitrogens with two attached hydrogens (primary N) is 2. The Morgan fingerprint density at radius 3 is 1.97 bits per heavy atom. The fourth-order valence-electron chi connectivity index (χ4n) is 3.32. The molecule has 2 heterocycles. The quantitative estimate of drug-likeness (QED) is 0.0859. The van der Waals surface area contributed by atoms with Crippen LogP contribution in [0.4, 0.5) is 0 Å². The van der Waals surface area contributed by atoms with E-state index in [-0.39, 0.29) is 25.0 Å². The number of thiol groups is 1. The molecule has 0 bridgehead atoms. The summed E-state index contributed by atoms with van der Waals surface area (Å²) in [5.41, 5.74) is 12.7. The van der Waals surface area contributed by atoms with E-state index in [9.17, 15) is 24.3 Å². The Labute approximate surface area is 213 Å². The average Bonchev–Trinajstić information content (AvgIpc) is 3.55. The monoisotopic (exact) mass is 523 g/mol. The molecule has 36 heavy (non-hydrogen) atoms. The number of carbonyl (C=O) groups is 4. The molecular weight excluding hydrogens is 490 g/mol. The first-order chi connectivity index (χ1) is 17.2. The molecule has 198 valence electrons. The molecule has 3 amide bonds. The Morgan fingerprint density at radius 1 is 0.889 bits per heavy atom. The smallest absolute Gasteiger partial charge is 0.326 e. The molecule has 0 radical (unpaired) electrons. The number of unbranched alkanes of at least 4 members (excludes halogenated alkanes) is 1. The summed E-state index contributed by atoms with van der Waals surface area (Å²) in [6, 6.07) is -4.31. The first kappa shape index (κ1) is 28.8. The van der Waals surface area contributed by atoms with Crippen molar-refractivity contribution in [3.63, 3.8) is 0 Å². The molecule has 2 aromatic rings. The van der Waals surface area contributed by atoms with Crippen LogP contribution in [0.3, 0.4) is 0 Å². The molecule has 4 unspecified atom stereocenters. The van der Waals surface area contributed by atoms with Crippen molar-refractivity contribution in [2.45, 2.75) is 56.3 Å². The predicted molar refractivity (Wildman–Crippen MR) is 133 cm³/mol. The second-order valence-electron chi connectivity index (χ2n) is 8.16. The normalized spacial score (nSPS) is 14.3. The molecule has 2 aromatic heterocycles. The molecule has 10 N–H and O–H groups in total. The lowest BCUT2D eigenvalue weighted by molar-refractivity contribution is -0.142. The minimum absolute atomic E-state index is 0.0275. The van der Waals surface area contributed by atoms with Crippen LogP contribution in [-0.4, -0.2) is 85.2 Å². The zero-order valence-corrected chi connectivity index (χ0v) is 20.5. The van der Waals surface area contributed by atoms with Gasteiger partial charge in [-0.3, -0.25) is 14.4 Å². The molecule has 0 aliphatic heterocycles. The first-order valence-electron chi connectivity index (χ1n) is 11.4. The Bertz CT molecular complexity index is 971. The van der Waals surface area contributed by atoms with Gasteiger partial charge in [-0.05, 0) is 25.8 Å². The third-order valence-electron chi connectivity index (χ3n) is 5.32. The van der Waals surface area contributed by atoms with Crippen LogP contribution in [0.1, 0.15) is 30.7 Å². The number of aliphatic carboxylic acids is 1. The lowest BCUT2D eigenvalue weighted by Gasteiger charge is -2.24. The number of aromatic nitrogens is 4. The standard InChI is InChI=1S/C21H33N9O5S/c22-4-2-1-3-15(28-18(31)14(23)5-12-7-24-10-26-12)19(32)30-17(9-36)20(33)29-16(21(34)35)6-13-8-25-11-27-13/h7-8,10-11,14-17,36H,1-6,9,22-23H2,(H,24,26)(H,25,27)(H,28,31)(H,29,33)(H,30,32)(H,34,35). The Morgan fingerprint density at radius 2 is 1.44 bits per heavy atom. The number of nitrogens with one attached hydrogen (secondary N) is 5. The number of aromatic amines is 2. The lowest BCUT2D eigenvalue weighted by Crippen LogP contribution is -2.58. The van der Waals surface area contributed by atoms with E-state index in [1.54, 1.807) is 6.20 Å². The van der Waals surface area contributed by atoms with Crippen molar-refractivity contribution in [2.75, 3.05) is 12.3 Å². The van der Waals surface area contributed by atoms with Gasteiger partial charge in [-0.25, -0.2) is 14.8 Å². The molecule has 0 aromatic carbocycles. The van der Waals surface area contributed by atoms with Gasteiger partial charge in [0.1, 0.15) is 18.1 Å². The van der Waals surface area contributed by atoms with Gasteiger partial charge in [-0.2, -0.15) is 12.6 Å². The van der Waals surface area contributed by atoms with Gasteiger partial charge in [0.05, 0.1) is 18.7 Å². The molecule has 0 aliphatic carbocycles. The summed E-state index contributed by atoms with van der Waals surface area (Å²) in [7, 11) is 0. The van der Waals surface area contributed by atoms with Crippen molar-refractivity contribution in [2.24, 2.45) is 11.5 Å². The number of carboxylic acid groups (broad SMARTS) is 1. The number of rotatable bonds is 16. The third-order valence-corrected chi connectivity index (χ3v) is 5.69. The summed E-state index contributed by atoms with van der Waals surface area (Å²) in [6.45, 7) is 0.413. The molecule has 0 spiro atoms. The minimum Gasteiger partial charge on any atom is -0.480 e. The minimum atomic E-state index is -1.25. The highest BCUT2D eigenvalue weighted by Gasteiger charge is 2.30. The Balaban J connectivity index is 2.01. The van der Waals surface area contributed by atoms with Gasteiger partial charge in [-0.1, -0.05) is 0 Å². The van der Waals surface area contributed by atoms with Crippen molar-refractivity contribution < 1.29 is 24.3 Å². The summed E-state index contributed by atoms with van der Waals surface area (Å²) < 4.78 is 0. The molecule has 0 fully saturated rings. The Hall–Kier alpha value is -3.43. The molecule has 4 atom stereocenters. The fraction of sp³-hybridized carbons (Fsp3) is 0.524. The summed E-state index contributed by atoms with van der Waals surface area (Å²) in [5, 5.41) is 17.1. The summed E-state index contributed by atoms with van der Waals surface area (Å²) in [4.78, 5) is 63.3. The number of amides is 3. The maximum Gasteiger partial charge on any atom is 0.326 e. The van der Waals surface area contributed by atoms with Gasteiger partial charge >= 0.3 is 5.97 Å². The summed E-state index contributed by atoms with van der Waals surface area (Å²) in [5.74, 6) is -3.25. The summed E-state index contributed by atoms with van der Waals surface area (Å²) in [6.07, 6.45) is 7.47. The number of carbonyl (C=O) groups excluding carboxylic acids is 3. The van der Waals surface area contributed by atoms with Crippen molar-refractivity contribution >= 4 is 36.3 Å². The SMILES string of the molecule is NCCCCC(NC(=O)C(N)Cc1cnc[nH]1)C(=O)NC(CS)C(=O)NC(Cc1cnc[nH]1)C(=O)O. The van der Waals surface area contributed by atoms with Gasteiger partial charge in [0.15, 0.2) is 0 Å². The van der Waals surface area contributed by atoms with E-state index in [1.807, 2.05) is 0 Å². The second kappa shape index (κ2) is 14.9. The van der Waals surface area contributed by atoms with Gasteiger partial charge < -0.3 is 42.5 Å². The highest BCUT2D eigenvalue weighted by Crippen LogP contribution is 2.05. The number of carboxylic acids is 1. The van der Waals surface area contributed by atoms with Crippen molar-refractivity contribution in [3.05, 3.63) is 36.4 Å². The van der Waals surface area contributed by atoms with Gasteiger partial charge in [0.2, 0.25) is 17.7 Å². The van der Waals surface area contributed by atoms with Crippen LogP contribution in [0.5, 0.6) is 0 Å². The maximum atomic E-state index is 13.0. The fourth-order valence-corrected chi connectivity index (χ4v) is 3.58. The number of imidazole rings is 2. The lowest BCUT2D eigenvalue weighted by atomic mass is 10.1. The summed E-state index contributed by atoms with van der Waals surface area (Å²) >= 11 is 4.13. The zero-order chi connectivity index (χ0) is 26.5. The van der Waals surface area contributed by atoms with E-state index in [2.05, 4.69) is 48.5 Å². The van der Waals surface area contributed by atoms with Crippen LogP contribution in [0, 0.1) is 0 Å². The average molecular weight is 524 g/mol. The third kappa shape index (κ3) is 9.31. The second-order valence-corrected chi connectivity index (χ2v) is 8.52. The Kier molecular flexibility index (Phi) is 11.9. The largest absolute Gasteiger partial charge is 0.480 e. The number of hydrogen-bond donors (Lipinski definition) is 9. The van der Waals surface area contributed by atoms with Crippen LogP contribution in [0.25, 0.3) is 0 Å². The molecular formula is C21H33N9O5S. The highest BCUT2D eigenvalue weighted by molar-refractivity contribution is 7.80. The number of H-pyrrole nitrogens is 2. The topological polar surface area (TPSA) is 234 Å². The van der Waals surface area contributed by atoms with E-state index in [4.69, 9.17) is 11.5 Å². The predicted octanol–water partition coefficient (Wildman–Crippen LogP) is -2.16. The first-order valence-corrected chi connectivity index (χ1v) is 12.0. The molecule has 2 rings (SSSR count). The van der Waals surface area contributed by atoms with E-state index in [0.717, 1.165) is 0 Å². The molecule has 0 saturated carbocycles. The molecule has 15 heteroatoms. The molecule has 14 nitrogen and oxygen atoms in total. The molecule has 0 aliphatic rings. The van der Waals surface area contributed by atoms with Crippen molar-refractivity contribution in [1.29, 1.82) is 0 Å². The van der Waals surface area contributed by atoms with E-state index in [0.29, 0.717) is 30.8 Å². The van der Waals surface area contributed by atoms with Crippen molar-refractivity contribution in [1.82, 2.24) is 35.9 Å². The van der Waals surface area contributed by atoms with Crippen LogP contribution < -0.4 is 27.4 Å². The van der Waals surface area contributed by atoms with Crippen LogP contribution in [0.15, 0.2) is 25.0 Å². The van der Waals surface area contributed by atoms with Crippen LogP contribution >= 0.6 is 12.6 Å². The number of nitrogens with zero attached hydrogens (tertiary/aromatic N) is 2. The van der Waals surface area contributed by atoms with E-state index >= 15 is 0 Å². The highest BCUT2D eigenvalue weighted by atomic mass is 32.1. The molecule has 0 saturated heterocycles. The zero-order valence-electron chi connectivity index (χ0n) is 19.6. The van der Waals surface area contributed by atoms with Gasteiger partial charge in [0.25, 0.3) is 0 Å². The van der Waals surface area contributed by atoms with E-state index < -0.39 is 47.9 Å². The van der Waals surface area contributed by atoms with Gasteiger partial charge in [-0.15, -0.1) is 0 Å². The number of hydrogen-bond acceptors (Lipinski definition) is 9. The maximum absolute atomic E-state index is 13.0. The van der Waals surface area contributed by atoms with E-state index in [1.165, 1.54) is 18.9 Å². The van der Waals surface area contributed by atoms with Crippen LogP contribution in [0.2, 0.25) is 0 Å². The van der Waals surface area contributed by atoms with Crippen molar-refractivity contribution in [3.8, 4) is 0 Å². The van der Waals surface area contributed by atoms with Gasteiger partial charge in [0, 0.05) is 42.4 Å².